The molecule has 0 saturated heterocycles. The third-order valence-electron chi connectivity index (χ3n) is 6.48. The number of benzene rings is 3. The number of hydrogen-bond donors (Lipinski definition) is 1. The molecule has 0 spiro atoms. The molecule has 0 fully saturated rings. The molecule has 7 heteroatoms. The monoisotopic (exact) mass is 515 g/mol. The first-order chi connectivity index (χ1) is 18.3. The van der Waals surface area contributed by atoms with Crippen molar-refractivity contribution >= 4 is 22.7 Å². The molecule has 0 aliphatic heterocycles. The maximum absolute atomic E-state index is 13.8. The summed E-state index contributed by atoms with van der Waals surface area (Å²) in [6, 6.07) is 21.3. The van der Waals surface area contributed by atoms with Crippen LogP contribution in [-0.2, 0) is 17.8 Å². The largest absolute Gasteiger partial charge is 0.497 e. The maximum atomic E-state index is 13.8. The van der Waals surface area contributed by atoms with Gasteiger partial charge in [-0.15, -0.1) is 0 Å². The zero-order valence-corrected chi connectivity index (χ0v) is 22.1. The molecule has 0 saturated carbocycles. The fourth-order valence-electron chi connectivity index (χ4n) is 4.56. The molecule has 198 valence electrons. The highest BCUT2D eigenvalue weighted by atomic mass is 19.1. The minimum atomic E-state index is -0.480. The normalized spacial score (nSPS) is 11.1. The smallest absolute Gasteiger partial charge is 0.254 e. The number of para-hydroxylation sites is 1. The molecule has 4 aromatic rings. The van der Waals surface area contributed by atoms with Gasteiger partial charge in [0, 0.05) is 42.3 Å². The van der Waals surface area contributed by atoms with Gasteiger partial charge < -0.3 is 19.5 Å². The third kappa shape index (κ3) is 6.79. The number of aromatic nitrogens is 1. The van der Waals surface area contributed by atoms with Crippen molar-refractivity contribution in [1.29, 1.82) is 0 Å². The first-order valence-electron chi connectivity index (χ1n) is 12.8. The average molecular weight is 516 g/mol. The molecule has 0 radical (unpaired) electrons. The number of hydrogen-bond acceptors (Lipinski definition) is 3. The summed E-state index contributed by atoms with van der Waals surface area (Å²) in [7, 11) is 1.62. The summed E-state index contributed by atoms with van der Waals surface area (Å²) in [5.41, 5.74) is 3.38. The molecule has 38 heavy (non-hydrogen) atoms. The molecule has 1 N–H and O–H groups in total. The zero-order chi connectivity index (χ0) is 27.1. The van der Waals surface area contributed by atoms with Crippen LogP contribution in [0, 0.1) is 11.7 Å². The molecule has 1 heterocycles. The minimum absolute atomic E-state index is 0.0857. The van der Waals surface area contributed by atoms with E-state index in [2.05, 4.69) is 11.1 Å². The van der Waals surface area contributed by atoms with Gasteiger partial charge in [-0.1, -0.05) is 50.2 Å². The summed E-state index contributed by atoms with van der Waals surface area (Å²) in [5.74, 6) is -0.110. The van der Waals surface area contributed by atoms with Gasteiger partial charge in [0.05, 0.1) is 7.11 Å². The molecular formula is C31H34FN3O3. The lowest BCUT2D eigenvalue weighted by molar-refractivity contribution is -0.132. The lowest BCUT2D eigenvalue weighted by atomic mass is 10.1. The van der Waals surface area contributed by atoms with Crippen LogP contribution in [0.3, 0.4) is 0 Å². The van der Waals surface area contributed by atoms with Gasteiger partial charge in [0.1, 0.15) is 18.1 Å². The summed E-state index contributed by atoms with van der Waals surface area (Å²) < 4.78 is 19.1. The van der Waals surface area contributed by atoms with Crippen molar-refractivity contribution in [2.24, 2.45) is 5.92 Å². The second kappa shape index (κ2) is 12.4. The van der Waals surface area contributed by atoms with Crippen LogP contribution in [-0.4, -0.2) is 53.3 Å². The lowest BCUT2D eigenvalue weighted by Gasteiger charge is -2.29. The fourth-order valence-corrected chi connectivity index (χ4v) is 4.56. The fraction of sp³-hybridized carbons (Fsp3) is 0.290. The number of ether oxygens (including phenoxy) is 1. The van der Waals surface area contributed by atoms with Crippen molar-refractivity contribution in [3.63, 3.8) is 0 Å². The zero-order valence-electron chi connectivity index (χ0n) is 22.1. The summed E-state index contributed by atoms with van der Waals surface area (Å²) in [5, 5.41) is 1.13. The van der Waals surface area contributed by atoms with Crippen molar-refractivity contribution in [3.8, 4) is 5.75 Å². The Morgan fingerprint density at radius 3 is 2.45 bits per heavy atom. The van der Waals surface area contributed by atoms with Crippen LogP contribution in [0.15, 0.2) is 79.0 Å². The van der Waals surface area contributed by atoms with Gasteiger partial charge in [-0.2, -0.15) is 0 Å². The molecule has 0 aliphatic rings. The Morgan fingerprint density at radius 2 is 1.74 bits per heavy atom. The van der Waals surface area contributed by atoms with E-state index in [4.69, 9.17) is 4.74 Å². The second-order valence-electron chi connectivity index (χ2n) is 9.86. The van der Waals surface area contributed by atoms with Crippen LogP contribution in [0.1, 0.15) is 35.3 Å². The number of methoxy groups -OCH3 is 1. The van der Waals surface area contributed by atoms with Crippen LogP contribution < -0.4 is 4.74 Å². The third-order valence-corrected chi connectivity index (χ3v) is 6.48. The summed E-state index contributed by atoms with van der Waals surface area (Å²) in [4.78, 5) is 33.6. The number of carbonyl (C=O) groups is 2. The molecule has 1 aromatic heterocycles. The number of fused-ring (bicyclic) bond motifs is 1. The van der Waals surface area contributed by atoms with Gasteiger partial charge in [-0.25, -0.2) is 4.39 Å². The van der Waals surface area contributed by atoms with Crippen molar-refractivity contribution in [2.75, 3.05) is 26.7 Å². The van der Waals surface area contributed by atoms with Gasteiger partial charge >= 0.3 is 0 Å². The van der Waals surface area contributed by atoms with Crippen molar-refractivity contribution < 1.29 is 18.7 Å². The van der Waals surface area contributed by atoms with E-state index in [1.165, 1.54) is 23.1 Å². The molecule has 0 aliphatic carbocycles. The molecule has 4 rings (SSSR count). The van der Waals surface area contributed by atoms with Crippen LogP contribution >= 0.6 is 0 Å². The molecule has 0 bridgehead atoms. The lowest BCUT2D eigenvalue weighted by Crippen LogP contribution is -2.44. The number of nitrogens with one attached hydrogen (secondary N) is 1. The molecule has 0 atom stereocenters. The van der Waals surface area contributed by atoms with Gasteiger partial charge in [0.2, 0.25) is 5.91 Å². The van der Waals surface area contributed by atoms with E-state index < -0.39 is 5.82 Å². The van der Waals surface area contributed by atoms with E-state index in [9.17, 15) is 14.0 Å². The Kier molecular flexibility index (Phi) is 8.79. The quantitative estimate of drug-likeness (QED) is 0.279. The van der Waals surface area contributed by atoms with Gasteiger partial charge in [0.25, 0.3) is 5.91 Å². The number of H-pyrrole nitrogens is 1. The summed E-state index contributed by atoms with van der Waals surface area (Å²) >= 11 is 0. The molecule has 2 amide bonds. The van der Waals surface area contributed by atoms with Crippen molar-refractivity contribution in [2.45, 2.75) is 26.8 Å². The van der Waals surface area contributed by atoms with E-state index >= 15 is 0 Å². The number of aromatic amines is 1. The number of halogens is 1. The predicted octanol–water partition coefficient (Wildman–Crippen LogP) is 5.69. The SMILES string of the molecule is COc1ccc(CN(CCc2c[nH]c3ccccc23)C(=O)CN(CC(C)C)C(=O)c2cccc(F)c2)cc1. The maximum Gasteiger partial charge on any atom is 0.254 e. The van der Waals surface area contributed by atoms with E-state index in [1.54, 1.807) is 18.1 Å². The van der Waals surface area contributed by atoms with Crippen LogP contribution in [0.25, 0.3) is 10.9 Å². The van der Waals surface area contributed by atoms with Crippen LogP contribution in [0.2, 0.25) is 0 Å². The highest BCUT2D eigenvalue weighted by Crippen LogP contribution is 2.20. The number of carbonyl (C=O) groups excluding carboxylic acids is 2. The molecule has 6 nitrogen and oxygen atoms in total. The van der Waals surface area contributed by atoms with E-state index in [-0.39, 0.29) is 29.8 Å². The van der Waals surface area contributed by atoms with Crippen LogP contribution in [0.4, 0.5) is 4.39 Å². The minimum Gasteiger partial charge on any atom is -0.497 e. The Hall–Kier alpha value is -4.13. The van der Waals surface area contributed by atoms with E-state index in [1.807, 2.05) is 62.5 Å². The highest BCUT2D eigenvalue weighted by molar-refractivity contribution is 5.96. The number of nitrogens with zero attached hydrogens (tertiary/aromatic N) is 2. The Labute approximate surface area is 223 Å². The Bertz CT molecular complexity index is 1380. The van der Waals surface area contributed by atoms with Gasteiger partial charge in [0.15, 0.2) is 0 Å². The van der Waals surface area contributed by atoms with Crippen LogP contribution in [0.5, 0.6) is 5.75 Å². The van der Waals surface area contributed by atoms with E-state index in [0.29, 0.717) is 26.1 Å². The van der Waals surface area contributed by atoms with Gasteiger partial charge in [-0.3, -0.25) is 9.59 Å². The molecule has 3 aromatic carbocycles. The first kappa shape index (κ1) is 26.9. The van der Waals surface area contributed by atoms with Crippen molar-refractivity contribution in [3.05, 3.63) is 102 Å². The molecular weight excluding hydrogens is 481 g/mol. The Balaban J connectivity index is 1.56. The average Bonchev–Trinajstić information content (AvgIpc) is 3.33. The van der Waals surface area contributed by atoms with E-state index in [0.717, 1.165) is 27.8 Å². The van der Waals surface area contributed by atoms with Gasteiger partial charge in [-0.05, 0) is 59.9 Å². The number of amides is 2. The number of rotatable bonds is 11. The summed E-state index contributed by atoms with van der Waals surface area (Å²) in [6.45, 7) is 5.16. The first-order valence-corrected chi connectivity index (χ1v) is 12.8. The topological polar surface area (TPSA) is 65.6 Å². The summed E-state index contributed by atoms with van der Waals surface area (Å²) in [6.07, 6.45) is 2.65. The standard InChI is InChI=1S/C31H34FN3O3/c1-22(2)19-35(31(37)24-7-6-8-26(32)17-24)21-30(36)34(20-23-11-13-27(38-3)14-12-23)16-15-25-18-33-29-10-5-4-9-28(25)29/h4-14,17-18,22,33H,15-16,19-21H2,1-3H3. The highest BCUT2D eigenvalue weighted by Gasteiger charge is 2.24. The Morgan fingerprint density at radius 1 is 0.974 bits per heavy atom. The predicted molar refractivity (Wildman–Crippen MR) is 148 cm³/mol. The second-order valence-corrected chi connectivity index (χ2v) is 9.86. The van der Waals surface area contributed by atoms with Crippen molar-refractivity contribution in [1.82, 2.24) is 14.8 Å². The molecule has 0 unspecified atom stereocenters.